The summed E-state index contributed by atoms with van der Waals surface area (Å²) in [6.07, 6.45) is 0. The van der Waals surface area contributed by atoms with Gasteiger partial charge in [0.05, 0.1) is 9.49 Å². The number of fused-ring (bicyclic) bond motifs is 11. The predicted octanol–water partition coefficient (Wildman–Crippen LogP) is 7.27. The van der Waals surface area contributed by atoms with Crippen molar-refractivity contribution >= 4 is 23.5 Å². The molecule has 0 radical (unpaired) electrons. The van der Waals surface area contributed by atoms with E-state index in [0.717, 1.165) is 5.08 Å². The average Bonchev–Trinajstić information content (AvgIpc) is 3.42. The summed E-state index contributed by atoms with van der Waals surface area (Å²) in [6, 6.07) is 36.4. The lowest BCUT2D eigenvalue weighted by molar-refractivity contribution is 0.618. The molecule has 0 nitrogen and oxygen atoms in total. The van der Waals surface area contributed by atoms with Crippen LogP contribution in [0.15, 0.2) is 97.1 Å². The summed E-state index contributed by atoms with van der Waals surface area (Å²) >= 11 is 4.25. The van der Waals surface area contributed by atoms with Gasteiger partial charge >= 0.3 is 0 Å². The molecule has 1 aliphatic heterocycles. The highest BCUT2D eigenvalue weighted by Crippen LogP contribution is 2.76. The Kier molecular flexibility index (Phi) is 3.16. The quantitative estimate of drug-likeness (QED) is 0.301. The SMILES string of the molecule is c1ccc2c(c1)-c1ccccc1C21SCSC12c1ccccc1-c1ccccc12. The Balaban J connectivity index is 1.68. The van der Waals surface area contributed by atoms with Crippen LogP contribution in [0.25, 0.3) is 22.3 Å². The van der Waals surface area contributed by atoms with Crippen LogP contribution >= 0.6 is 23.5 Å². The molecule has 0 bridgehead atoms. The van der Waals surface area contributed by atoms with Gasteiger partial charge in [0.1, 0.15) is 0 Å². The molecule has 2 spiro atoms. The number of benzene rings is 4. The molecule has 0 unspecified atom stereocenters. The fraction of sp³-hybridized carbons (Fsp3) is 0.111. The summed E-state index contributed by atoms with van der Waals surface area (Å²) in [6.45, 7) is 0. The van der Waals surface area contributed by atoms with Crippen molar-refractivity contribution < 1.29 is 0 Å². The second-order valence-corrected chi connectivity index (χ2v) is 10.7. The van der Waals surface area contributed by atoms with Crippen molar-refractivity contribution in [1.29, 1.82) is 0 Å². The number of thioether (sulfide) groups is 2. The summed E-state index contributed by atoms with van der Waals surface area (Å²) in [7, 11) is 0. The summed E-state index contributed by atoms with van der Waals surface area (Å²) < 4.78 is -0.207. The lowest BCUT2D eigenvalue weighted by Gasteiger charge is -2.42. The molecule has 138 valence electrons. The van der Waals surface area contributed by atoms with E-state index >= 15 is 0 Å². The molecule has 4 aromatic rings. The minimum Gasteiger partial charge on any atom is -0.132 e. The Bertz CT molecular complexity index is 1110. The van der Waals surface area contributed by atoms with E-state index in [1.165, 1.54) is 44.5 Å². The predicted molar refractivity (Wildman–Crippen MR) is 125 cm³/mol. The number of hydrogen-bond donors (Lipinski definition) is 0. The van der Waals surface area contributed by atoms with Crippen molar-refractivity contribution in [3.8, 4) is 22.3 Å². The molecule has 3 aliphatic rings. The molecule has 0 atom stereocenters. The van der Waals surface area contributed by atoms with Crippen LogP contribution in [0.3, 0.4) is 0 Å². The molecule has 1 saturated heterocycles. The molecule has 7 rings (SSSR count). The Labute approximate surface area is 179 Å². The molecule has 0 aromatic heterocycles. The first kappa shape index (κ1) is 16.4. The van der Waals surface area contributed by atoms with Crippen LogP contribution in [0.2, 0.25) is 0 Å². The highest BCUT2D eigenvalue weighted by Gasteiger charge is 2.66. The van der Waals surface area contributed by atoms with Crippen LogP contribution in [0, 0.1) is 0 Å². The summed E-state index contributed by atoms with van der Waals surface area (Å²) in [5.41, 5.74) is 11.5. The van der Waals surface area contributed by atoms with Crippen LogP contribution in [0.5, 0.6) is 0 Å². The van der Waals surface area contributed by atoms with E-state index in [2.05, 4.69) is 121 Å². The lowest BCUT2D eigenvalue weighted by Crippen LogP contribution is -2.40. The molecular weight excluding hydrogens is 388 g/mol. The lowest BCUT2D eigenvalue weighted by atomic mass is 9.76. The monoisotopic (exact) mass is 406 g/mol. The largest absolute Gasteiger partial charge is 0.132 e. The summed E-state index contributed by atoms with van der Waals surface area (Å²) in [5, 5.41) is 1.09. The first-order valence-electron chi connectivity index (χ1n) is 10.0. The van der Waals surface area contributed by atoms with Gasteiger partial charge in [-0.05, 0) is 44.5 Å². The first-order valence-corrected chi connectivity index (χ1v) is 12.0. The van der Waals surface area contributed by atoms with Gasteiger partial charge in [0.15, 0.2) is 0 Å². The standard InChI is InChI=1S/C27H18S2/c1-5-13-22-18(9-1)19-10-2-6-14-23(19)26(22)27(29-17-28-26)24-15-7-3-11-20(24)21-12-4-8-16-25(21)27/h1-16H,17H2. The third-order valence-electron chi connectivity index (χ3n) is 6.85. The normalized spacial score (nSPS) is 18.5. The summed E-state index contributed by atoms with van der Waals surface area (Å²) in [4.78, 5) is 0. The van der Waals surface area contributed by atoms with Gasteiger partial charge < -0.3 is 0 Å². The Morgan fingerprint density at radius 1 is 0.414 bits per heavy atom. The van der Waals surface area contributed by atoms with Crippen LogP contribution in [0.1, 0.15) is 22.3 Å². The van der Waals surface area contributed by atoms with Crippen LogP contribution in [0.4, 0.5) is 0 Å². The Hall–Kier alpha value is -2.42. The maximum Gasteiger partial charge on any atom is 0.0906 e. The molecule has 0 amide bonds. The van der Waals surface area contributed by atoms with E-state index in [0.29, 0.717) is 0 Å². The van der Waals surface area contributed by atoms with E-state index in [1.54, 1.807) is 0 Å². The third kappa shape index (κ3) is 1.73. The van der Waals surface area contributed by atoms with Crippen molar-refractivity contribution in [3.63, 3.8) is 0 Å². The average molecular weight is 407 g/mol. The van der Waals surface area contributed by atoms with Gasteiger partial charge in [0.2, 0.25) is 0 Å². The third-order valence-corrected chi connectivity index (χ3v) is 10.3. The van der Waals surface area contributed by atoms with Gasteiger partial charge in [-0.2, -0.15) is 0 Å². The minimum atomic E-state index is -0.104. The van der Waals surface area contributed by atoms with Crippen molar-refractivity contribution in [3.05, 3.63) is 119 Å². The zero-order chi connectivity index (χ0) is 19.1. The fourth-order valence-corrected chi connectivity index (χ4v) is 10.1. The van der Waals surface area contributed by atoms with Crippen molar-refractivity contribution in [2.75, 3.05) is 5.08 Å². The zero-order valence-corrected chi connectivity index (χ0v) is 17.4. The molecule has 4 aromatic carbocycles. The molecule has 2 aliphatic carbocycles. The first-order chi connectivity index (χ1) is 14.4. The fourth-order valence-electron chi connectivity index (χ4n) is 5.87. The van der Waals surface area contributed by atoms with Crippen molar-refractivity contribution in [1.82, 2.24) is 0 Å². The molecule has 1 fully saturated rings. The van der Waals surface area contributed by atoms with E-state index < -0.39 is 0 Å². The molecule has 0 saturated carbocycles. The van der Waals surface area contributed by atoms with Gasteiger partial charge in [0.25, 0.3) is 0 Å². The Morgan fingerprint density at radius 3 is 1.00 bits per heavy atom. The van der Waals surface area contributed by atoms with E-state index in [9.17, 15) is 0 Å². The van der Waals surface area contributed by atoms with Crippen LogP contribution in [-0.2, 0) is 9.49 Å². The van der Waals surface area contributed by atoms with Crippen molar-refractivity contribution in [2.24, 2.45) is 0 Å². The Morgan fingerprint density at radius 2 is 0.690 bits per heavy atom. The maximum absolute atomic E-state index is 2.37. The van der Waals surface area contributed by atoms with Crippen LogP contribution < -0.4 is 0 Å². The van der Waals surface area contributed by atoms with Gasteiger partial charge in [-0.3, -0.25) is 0 Å². The summed E-state index contributed by atoms with van der Waals surface area (Å²) in [5.74, 6) is 0. The molecule has 2 heteroatoms. The second kappa shape index (κ2) is 5.59. The van der Waals surface area contributed by atoms with E-state index in [-0.39, 0.29) is 9.49 Å². The topological polar surface area (TPSA) is 0 Å². The van der Waals surface area contributed by atoms with Gasteiger partial charge in [-0.25, -0.2) is 0 Å². The van der Waals surface area contributed by atoms with Gasteiger partial charge in [-0.1, -0.05) is 97.1 Å². The van der Waals surface area contributed by atoms with Crippen molar-refractivity contribution in [2.45, 2.75) is 9.49 Å². The van der Waals surface area contributed by atoms with E-state index in [4.69, 9.17) is 0 Å². The second-order valence-electron chi connectivity index (χ2n) is 7.95. The molecule has 1 heterocycles. The highest BCUT2D eigenvalue weighted by molar-refractivity contribution is 8.20. The highest BCUT2D eigenvalue weighted by atomic mass is 32.2. The zero-order valence-electron chi connectivity index (χ0n) is 15.8. The van der Waals surface area contributed by atoms with E-state index in [1.807, 2.05) is 0 Å². The van der Waals surface area contributed by atoms with Crippen LogP contribution in [-0.4, -0.2) is 5.08 Å². The number of rotatable bonds is 0. The van der Waals surface area contributed by atoms with Gasteiger partial charge in [0, 0.05) is 5.08 Å². The molecule has 0 N–H and O–H groups in total. The molecule has 29 heavy (non-hydrogen) atoms. The smallest absolute Gasteiger partial charge is 0.0906 e. The minimum absolute atomic E-state index is 0.104. The maximum atomic E-state index is 2.37. The van der Waals surface area contributed by atoms with Gasteiger partial charge in [-0.15, -0.1) is 23.5 Å². The molecular formula is C27H18S2. The number of hydrogen-bond acceptors (Lipinski definition) is 2.